The van der Waals surface area contributed by atoms with Crippen molar-refractivity contribution in [3.63, 3.8) is 0 Å². The average Bonchev–Trinajstić information content (AvgIpc) is 2.14. The van der Waals surface area contributed by atoms with Gasteiger partial charge in [0.25, 0.3) is 0 Å². The van der Waals surface area contributed by atoms with Gasteiger partial charge in [-0.2, -0.15) is 0 Å². The summed E-state index contributed by atoms with van der Waals surface area (Å²) in [5, 5.41) is 18.4. The molecule has 0 radical (unpaired) electrons. The highest BCUT2D eigenvalue weighted by Crippen LogP contribution is 2.28. The average molecular weight is 222 g/mol. The fourth-order valence-corrected chi connectivity index (χ4v) is 1.48. The third-order valence-corrected chi connectivity index (χ3v) is 2.10. The molecule has 4 heteroatoms. The molecule has 82 valence electrons. The molecule has 0 aliphatic rings. The summed E-state index contributed by atoms with van der Waals surface area (Å²) < 4.78 is 26.0. The molecule has 0 heterocycles. The van der Waals surface area contributed by atoms with Crippen LogP contribution in [0.2, 0.25) is 0 Å². The van der Waals surface area contributed by atoms with Crippen LogP contribution in [0.1, 0.15) is 0 Å². The third kappa shape index (κ3) is 2.11. The zero-order valence-corrected chi connectivity index (χ0v) is 8.11. The summed E-state index contributed by atoms with van der Waals surface area (Å²) in [6.45, 7) is 0. The number of phenols is 2. The minimum atomic E-state index is -0.626. The van der Waals surface area contributed by atoms with E-state index >= 15 is 0 Å². The predicted octanol–water partition coefficient (Wildman–Crippen LogP) is 3.04. The quantitative estimate of drug-likeness (QED) is 0.778. The monoisotopic (exact) mass is 222 g/mol. The van der Waals surface area contributed by atoms with Gasteiger partial charge in [0.15, 0.2) is 0 Å². The van der Waals surface area contributed by atoms with E-state index in [1.165, 1.54) is 12.1 Å². The van der Waals surface area contributed by atoms with Crippen molar-refractivity contribution in [2.75, 3.05) is 0 Å². The summed E-state index contributed by atoms with van der Waals surface area (Å²) >= 11 is 0. The van der Waals surface area contributed by atoms with Gasteiger partial charge in [-0.1, -0.05) is 0 Å². The molecule has 0 fully saturated rings. The summed E-state index contributed by atoms with van der Waals surface area (Å²) in [5.41, 5.74) is 0.597. The fourth-order valence-electron chi connectivity index (χ4n) is 1.48. The topological polar surface area (TPSA) is 40.5 Å². The smallest absolute Gasteiger partial charge is 0.127 e. The molecular weight excluding hydrogens is 214 g/mol. The lowest BCUT2D eigenvalue weighted by Gasteiger charge is -2.04. The number of hydrogen-bond donors (Lipinski definition) is 2. The molecule has 0 amide bonds. The van der Waals surface area contributed by atoms with Crippen LogP contribution in [-0.2, 0) is 0 Å². The molecule has 2 N–H and O–H groups in total. The number of hydrogen-bond acceptors (Lipinski definition) is 2. The minimum Gasteiger partial charge on any atom is -0.508 e. The molecule has 2 rings (SSSR count). The first kappa shape index (κ1) is 10.4. The number of rotatable bonds is 1. The first-order valence-electron chi connectivity index (χ1n) is 4.54. The number of phenolic OH excluding ortho intramolecular Hbond substituents is 2. The van der Waals surface area contributed by atoms with Crippen molar-refractivity contribution in [1.29, 1.82) is 0 Å². The van der Waals surface area contributed by atoms with E-state index in [1.54, 1.807) is 0 Å². The van der Waals surface area contributed by atoms with E-state index in [0.29, 0.717) is 11.1 Å². The normalized spacial score (nSPS) is 10.4. The zero-order chi connectivity index (χ0) is 11.7. The standard InChI is InChI=1S/C12H8F2O2/c13-9-1-7(3-11(15)5-9)8-2-10(14)6-12(16)4-8/h1-6,15-16H. The predicted molar refractivity (Wildman–Crippen MR) is 55.1 cm³/mol. The number of aromatic hydroxyl groups is 2. The van der Waals surface area contributed by atoms with Crippen LogP contribution >= 0.6 is 0 Å². The molecule has 0 atom stereocenters. The van der Waals surface area contributed by atoms with Crippen LogP contribution in [0.15, 0.2) is 36.4 Å². The summed E-state index contributed by atoms with van der Waals surface area (Å²) in [7, 11) is 0. The van der Waals surface area contributed by atoms with Gasteiger partial charge < -0.3 is 10.2 Å². The van der Waals surface area contributed by atoms with E-state index < -0.39 is 11.6 Å². The summed E-state index contributed by atoms with van der Waals surface area (Å²) in [4.78, 5) is 0. The fraction of sp³-hybridized carbons (Fsp3) is 0. The minimum absolute atomic E-state index is 0.251. The Balaban J connectivity index is 2.57. The molecule has 0 unspecified atom stereocenters. The first-order chi connectivity index (χ1) is 7.54. The van der Waals surface area contributed by atoms with Gasteiger partial charge in [0.1, 0.15) is 23.1 Å². The Hall–Kier alpha value is -2.10. The second-order valence-electron chi connectivity index (χ2n) is 3.40. The van der Waals surface area contributed by atoms with Crippen molar-refractivity contribution in [3.8, 4) is 22.6 Å². The Morgan fingerprint density at radius 3 is 1.31 bits per heavy atom. The van der Waals surface area contributed by atoms with E-state index in [-0.39, 0.29) is 11.5 Å². The first-order valence-corrected chi connectivity index (χ1v) is 4.54. The highest BCUT2D eigenvalue weighted by atomic mass is 19.1. The van der Waals surface area contributed by atoms with Crippen LogP contribution < -0.4 is 0 Å². The van der Waals surface area contributed by atoms with Gasteiger partial charge in [0.2, 0.25) is 0 Å². The van der Waals surface area contributed by atoms with Gasteiger partial charge in [0, 0.05) is 12.1 Å². The Morgan fingerprint density at radius 1 is 0.625 bits per heavy atom. The summed E-state index contributed by atoms with van der Waals surface area (Å²) in [5.74, 6) is -1.75. The molecule has 0 aromatic heterocycles. The maximum absolute atomic E-state index is 13.0. The highest BCUT2D eigenvalue weighted by Gasteiger charge is 2.05. The lowest BCUT2D eigenvalue weighted by Crippen LogP contribution is -1.83. The Bertz CT molecular complexity index is 449. The molecule has 0 aliphatic heterocycles. The van der Waals surface area contributed by atoms with E-state index in [9.17, 15) is 19.0 Å². The lowest BCUT2D eigenvalue weighted by atomic mass is 10.0. The van der Waals surface area contributed by atoms with Crippen LogP contribution in [0, 0.1) is 11.6 Å². The van der Waals surface area contributed by atoms with Crippen LogP contribution in [0.5, 0.6) is 11.5 Å². The second kappa shape index (κ2) is 3.81. The van der Waals surface area contributed by atoms with E-state index in [4.69, 9.17) is 0 Å². The maximum atomic E-state index is 13.0. The van der Waals surface area contributed by atoms with Gasteiger partial charge in [-0.25, -0.2) is 8.78 Å². The van der Waals surface area contributed by atoms with E-state index in [2.05, 4.69) is 0 Å². The molecule has 0 saturated heterocycles. The van der Waals surface area contributed by atoms with Crippen LogP contribution in [-0.4, -0.2) is 10.2 Å². The van der Waals surface area contributed by atoms with Crippen LogP contribution in [0.25, 0.3) is 11.1 Å². The molecule has 16 heavy (non-hydrogen) atoms. The summed E-state index contributed by atoms with van der Waals surface area (Å²) in [6, 6.07) is 6.77. The number of halogens is 2. The Labute approximate surface area is 90.4 Å². The van der Waals surface area contributed by atoms with Gasteiger partial charge >= 0.3 is 0 Å². The second-order valence-corrected chi connectivity index (χ2v) is 3.40. The van der Waals surface area contributed by atoms with Gasteiger partial charge in [0.05, 0.1) is 0 Å². The van der Waals surface area contributed by atoms with Crippen molar-refractivity contribution in [1.82, 2.24) is 0 Å². The van der Waals surface area contributed by atoms with Gasteiger partial charge in [-0.3, -0.25) is 0 Å². The molecule has 2 aromatic carbocycles. The largest absolute Gasteiger partial charge is 0.508 e. The SMILES string of the molecule is Oc1cc(F)cc(-c2cc(O)cc(F)c2)c1. The number of benzene rings is 2. The van der Waals surface area contributed by atoms with Crippen molar-refractivity contribution in [2.24, 2.45) is 0 Å². The van der Waals surface area contributed by atoms with E-state index in [1.807, 2.05) is 0 Å². The van der Waals surface area contributed by atoms with Gasteiger partial charge in [-0.15, -0.1) is 0 Å². The molecule has 2 nitrogen and oxygen atoms in total. The molecule has 0 saturated carbocycles. The maximum Gasteiger partial charge on any atom is 0.127 e. The van der Waals surface area contributed by atoms with Crippen molar-refractivity contribution in [3.05, 3.63) is 48.0 Å². The van der Waals surface area contributed by atoms with Crippen molar-refractivity contribution in [2.45, 2.75) is 0 Å². The molecule has 0 aliphatic carbocycles. The molecule has 2 aromatic rings. The third-order valence-electron chi connectivity index (χ3n) is 2.10. The Kier molecular flexibility index (Phi) is 2.48. The van der Waals surface area contributed by atoms with E-state index in [0.717, 1.165) is 24.3 Å². The highest BCUT2D eigenvalue weighted by molar-refractivity contribution is 5.66. The van der Waals surface area contributed by atoms with Crippen molar-refractivity contribution < 1.29 is 19.0 Å². The zero-order valence-electron chi connectivity index (χ0n) is 8.11. The lowest BCUT2D eigenvalue weighted by molar-refractivity contribution is 0.467. The van der Waals surface area contributed by atoms with Crippen LogP contribution in [0.4, 0.5) is 8.78 Å². The summed E-state index contributed by atoms with van der Waals surface area (Å²) in [6.07, 6.45) is 0. The van der Waals surface area contributed by atoms with Gasteiger partial charge in [-0.05, 0) is 35.4 Å². The molecule has 0 spiro atoms. The van der Waals surface area contributed by atoms with Crippen molar-refractivity contribution >= 4 is 0 Å². The Morgan fingerprint density at radius 2 is 1.00 bits per heavy atom. The van der Waals surface area contributed by atoms with Crippen LogP contribution in [0.3, 0.4) is 0 Å². The molecular formula is C12H8F2O2. The molecule has 0 bridgehead atoms.